The number of benzene rings is 1. The molecule has 11 nitrogen and oxygen atoms in total. The molecule has 0 saturated carbocycles. The highest BCUT2D eigenvalue weighted by atomic mass is 32.2. The molecular formula is C31H40N6O5S2. The maximum absolute atomic E-state index is 14.1. The van der Waals surface area contributed by atoms with E-state index in [1.807, 2.05) is 56.3 Å². The van der Waals surface area contributed by atoms with Crippen LogP contribution in [0.5, 0.6) is 0 Å². The van der Waals surface area contributed by atoms with E-state index in [1.165, 1.54) is 15.6 Å². The van der Waals surface area contributed by atoms with E-state index >= 15 is 0 Å². The number of nitrogens with zero attached hydrogens (tertiary/aromatic N) is 4. The van der Waals surface area contributed by atoms with E-state index < -0.39 is 28.3 Å². The number of rotatable bonds is 13. The number of aromatic nitrogens is 1. The van der Waals surface area contributed by atoms with Gasteiger partial charge in [-0.15, -0.1) is 11.3 Å². The molecule has 0 spiro atoms. The minimum atomic E-state index is -3.96. The summed E-state index contributed by atoms with van der Waals surface area (Å²) >= 11 is 1.37. The number of ether oxygens (including phenoxy) is 1. The average molecular weight is 641 g/mol. The van der Waals surface area contributed by atoms with Gasteiger partial charge < -0.3 is 25.4 Å². The average Bonchev–Trinajstić information content (AvgIpc) is 3.70. The van der Waals surface area contributed by atoms with E-state index in [9.17, 15) is 18.3 Å². The number of amides is 1. The molecular weight excluding hydrogens is 601 g/mol. The van der Waals surface area contributed by atoms with E-state index in [4.69, 9.17) is 9.73 Å². The van der Waals surface area contributed by atoms with Crippen molar-refractivity contribution in [3.05, 3.63) is 87.0 Å². The van der Waals surface area contributed by atoms with Gasteiger partial charge >= 0.3 is 6.09 Å². The first kappa shape index (κ1) is 32.0. The van der Waals surface area contributed by atoms with Gasteiger partial charge in [0.15, 0.2) is 0 Å². The first-order valence-electron chi connectivity index (χ1n) is 14.9. The first-order valence-corrected chi connectivity index (χ1v) is 17.2. The van der Waals surface area contributed by atoms with Gasteiger partial charge in [0.25, 0.3) is 0 Å². The molecule has 3 heterocycles. The van der Waals surface area contributed by atoms with Gasteiger partial charge in [0.05, 0.1) is 33.2 Å². The lowest BCUT2D eigenvalue weighted by Gasteiger charge is -2.31. The third kappa shape index (κ3) is 8.21. The third-order valence-corrected chi connectivity index (χ3v) is 10.3. The van der Waals surface area contributed by atoms with E-state index in [2.05, 4.69) is 20.5 Å². The summed E-state index contributed by atoms with van der Waals surface area (Å²) in [6, 6.07) is 8.64. The lowest BCUT2D eigenvalue weighted by Crippen LogP contribution is -2.51. The molecule has 44 heavy (non-hydrogen) atoms. The lowest BCUT2D eigenvalue weighted by molar-refractivity contribution is 0.0877. The zero-order valence-electron chi connectivity index (χ0n) is 25.1. The van der Waals surface area contributed by atoms with Gasteiger partial charge in [-0.1, -0.05) is 50.3 Å². The molecule has 1 amide bonds. The molecule has 1 aromatic heterocycles. The predicted molar refractivity (Wildman–Crippen MR) is 171 cm³/mol. The second-order valence-electron chi connectivity index (χ2n) is 11.5. The minimum Gasteiger partial charge on any atom is -0.444 e. The van der Waals surface area contributed by atoms with Gasteiger partial charge in [-0.25, -0.2) is 18.2 Å². The molecule has 1 fully saturated rings. The number of piperazine rings is 1. The number of nitrogens with one attached hydrogen (secondary N) is 2. The topological polar surface area (TPSA) is 136 Å². The molecule has 0 radical (unpaired) electrons. The van der Waals surface area contributed by atoms with Crippen molar-refractivity contribution in [3.8, 4) is 0 Å². The fourth-order valence-electron chi connectivity index (χ4n) is 5.36. The van der Waals surface area contributed by atoms with Crippen LogP contribution in [-0.4, -0.2) is 90.9 Å². The summed E-state index contributed by atoms with van der Waals surface area (Å²) in [6.45, 7) is 7.40. The van der Waals surface area contributed by atoms with Crippen molar-refractivity contribution >= 4 is 33.2 Å². The summed E-state index contributed by atoms with van der Waals surface area (Å²) in [5.41, 5.74) is 4.20. The number of sulfonamides is 1. The molecule has 1 aliphatic carbocycles. The largest absolute Gasteiger partial charge is 0.444 e. The van der Waals surface area contributed by atoms with Gasteiger partial charge in [0.1, 0.15) is 12.4 Å². The highest BCUT2D eigenvalue weighted by Crippen LogP contribution is 2.31. The fourth-order valence-corrected chi connectivity index (χ4v) is 7.60. The van der Waals surface area contributed by atoms with Crippen molar-refractivity contribution in [2.75, 3.05) is 39.3 Å². The maximum atomic E-state index is 14.1. The molecule has 236 valence electrons. The van der Waals surface area contributed by atoms with Gasteiger partial charge in [-0.2, -0.15) is 4.31 Å². The molecule has 13 heteroatoms. The normalized spacial score (nSPS) is 18.2. The number of allylic oxidation sites excluding steroid dienone is 5. The van der Waals surface area contributed by atoms with Crippen molar-refractivity contribution in [2.45, 2.75) is 45.4 Å². The highest BCUT2D eigenvalue weighted by Gasteiger charge is 2.35. The molecule has 1 saturated heterocycles. The van der Waals surface area contributed by atoms with Crippen molar-refractivity contribution in [1.82, 2.24) is 24.8 Å². The number of aliphatic hydroxyl groups is 1. The van der Waals surface area contributed by atoms with Gasteiger partial charge in [-0.3, -0.25) is 4.98 Å². The van der Waals surface area contributed by atoms with Crippen LogP contribution in [0.3, 0.4) is 0 Å². The number of fused-ring (bicyclic) bond motifs is 1. The molecule has 2 atom stereocenters. The minimum absolute atomic E-state index is 0.00183. The Morgan fingerprint density at radius 1 is 1.18 bits per heavy atom. The van der Waals surface area contributed by atoms with E-state index in [0.717, 1.165) is 53.7 Å². The quantitative estimate of drug-likeness (QED) is 0.304. The summed E-state index contributed by atoms with van der Waals surface area (Å²) in [4.78, 5) is 24.8. The number of carbonyl (C=O) groups is 1. The van der Waals surface area contributed by atoms with E-state index in [-0.39, 0.29) is 36.9 Å². The van der Waals surface area contributed by atoms with Crippen LogP contribution in [0.1, 0.15) is 30.7 Å². The Morgan fingerprint density at radius 3 is 2.66 bits per heavy atom. The monoisotopic (exact) mass is 640 g/mol. The number of hydrogen-bond acceptors (Lipinski definition) is 10. The van der Waals surface area contributed by atoms with Crippen molar-refractivity contribution < 1.29 is 23.1 Å². The molecule has 5 rings (SSSR count). The van der Waals surface area contributed by atoms with Crippen molar-refractivity contribution in [3.63, 3.8) is 0 Å². The Bertz CT molecular complexity index is 1510. The van der Waals surface area contributed by atoms with Gasteiger partial charge in [-0.05, 0) is 30.1 Å². The number of carbonyl (C=O) groups excluding carboxylic acids is 1. The van der Waals surface area contributed by atoms with Crippen LogP contribution in [0.15, 0.2) is 81.6 Å². The fraction of sp³-hybridized carbons (Fsp3) is 0.452. The maximum Gasteiger partial charge on any atom is 0.407 e. The summed E-state index contributed by atoms with van der Waals surface area (Å²) in [7, 11) is -3.96. The van der Waals surface area contributed by atoms with Crippen molar-refractivity contribution in [1.29, 1.82) is 0 Å². The number of alkyl carbamates (subject to hydrolysis) is 1. The van der Waals surface area contributed by atoms with Crippen LogP contribution >= 0.6 is 11.3 Å². The van der Waals surface area contributed by atoms with Crippen LogP contribution in [0.25, 0.3) is 0 Å². The Morgan fingerprint density at radius 2 is 1.95 bits per heavy atom. The Hall–Kier alpha value is -3.36. The van der Waals surface area contributed by atoms with Crippen LogP contribution in [-0.2, 0) is 27.8 Å². The second kappa shape index (κ2) is 14.6. The smallest absolute Gasteiger partial charge is 0.407 e. The van der Waals surface area contributed by atoms with Crippen LogP contribution in [0, 0.1) is 5.92 Å². The molecule has 3 aliphatic rings. The molecule has 2 aromatic rings. The van der Waals surface area contributed by atoms with E-state index in [1.54, 1.807) is 17.8 Å². The summed E-state index contributed by atoms with van der Waals surface area (Å²) in [5, 5.41) is 17.6. The molecule has 2 unspecified atom stereocenters. The van der Waals surface area contributed by atoms with Gasteiger partial charge in [0, 0.05) is 57.5 Å². The van der Waals surface area contributed by atoms with Crippen LogP contribution in [0.4, 0.5) is 4.79 Å². The van der Waals surface area contributed by atoms with Crippen molar-refractivity contribution in [2.24, 2.45) is 10.9 Å². The number of aliphatic hydroxyl groups excluding tert-OH is 1. The zero-order chi connectivity index (χ0) is 31.1. The molecule has 2 aliphatic heterocycles. The van der Waals surface area contributed by atoms with E-state index in [0.29, 0.717) is 6.42 Å². The number of hydrogen-bond donors (Lipinski definition) is 3. The summed E-state index contributed by atoms with van der Waals surface area (Å²) in [6.07, 6.45) is 5.67. The Labute approximate surface area is 263 Å². The number of aliphatic imine (C=N–C) groups is 1. The first-order chi connectivity index (χ1) is 21.2. The third-order valence-electron chi connectivity index (χ3n) is 7.62. The predicted octanol–water partition coefficient (Wildman–Crippen LogP) is 3.04. The summed E-state index contributed by atoms with van der Waals surface area (Å²) in [5.74, 6) is 0.869. The molecule has 0 bridgehead atoms. The summed E-state index contributed by atoms with van der Waals surface area (Å²) < 4.78 is 34.8. The lowest BCUT2D eigenvalue weighted by atomic mass is 10.0. The Kier molecular flexibility index (Phi) is 10.6. The molecule has 3 N–H and O–H groups in total. The van der Waals surface area contributed by atoms with Crippen LogP contribution < -0.4 is 10.6 Å². The van der Waals surface area contributed by atoms with Gasteiger partial charge in [0.2, 0.25) is 10.0 Å². The molecule has 1 aromatic carbocycles. The second-order valence-corrected chi connectivity index (χ2v) is 14.5. The SMILES string of the molecule is CC(C)CN(CC(O)C(Cc1ccccc1)NC(=O)OCc1cncs1)S(=O)(=O)C1=CC=C2C=C(N3CCNCC3)N=C2C1. The standard InChI is InChI=1S/C31H40N6O5S2/c1-22(2)18-37(44(40,41)26-9-8-24-15-30(34-27(24)16-26)36-12-10-32-11-13-36)19-29(38)28(14-23-6-4-3-5-7-23)35-31(39)42-20-25-17-33-21-43-25/h3-9,15,17,21-22,28-29,32,38H,10-14,16,18-20H2,1-2H3,(H,35,39). The number of thiazole rings is 1. The zero-order valence-corrected chi connectivity index (χ0v) is 26.7. The highest BCUT2D eigenvalue weighted by molar-refractivity contribution is 7.93. The Balaban J connectivity index is 1.30. The van der Waals surface area contributed by atoms with Crippen LogP contribution in [0.2, 0.25) is 0 Å².